The highest BCUT2D eigenvalue weighted by Crippen LogP contribution is 2.25. The molecule has 0 aromatic carbocycles. The van der Waals surface area contributed by atoms with Crippen molar-refractivity contribution in [3.8, 4) is 0 Å². The summed E-state index contributed by atoms with van der Waals surface area (Å²) in [6.45, 7) is 3.45. The van der Waals surface area contributed by atoms with Gasteiger partial charge in [-0.15, -0.1) is 0 Å². The van der Waals surface area contributed by atoms with Gasteiger partial charge in [-0.25, -0.2) is 4.79 Å². The van der Waals surface area contributed by atoms with E-state index in [2.05, 4.69) is 10.6 Å². The first kappa shape index (κ1) is 14.1. The minimum atomic E-state index is -0.763. The van der Waals surface area contributed by atoms with Crippen LogP contribution in [0.4, 0.5) is 4.79 Å². The van der Waals surface area contributed by atoms with Crippen molar-refractivity contribution in [2.45, 2.75) is 44.7 Å². The fraction of sp³-hybridized carbons (Fsp3) is 0.846. The van der Waals surface area contributed by atoms with Crippen molar-refractivity contribution < 1.29 is 19.4 Å². The van der Waals surface area contributed by atoms with E-state index in [-0.39, 0.29) is 24.0 Å². The van der Waals surface area contributed by atoms with Crippen LogP contribution in [0.3, 0.4) is 0 Å². The first-order valence-electron chi connectivity index (χ1n) is 6.94. The highest BCUT2D eigenvalue weighted by Gasteiger charge is 2.31. The van der Waals surface area contributed by atoms with Gasteiger partial charge in [0.2, 0.25) is 0 Å². The van der Waals surface area contributed by atoms with Crippen LogP contribution in [0.25, 0.3) is 0 Å². The van der Waals surface area contributed by atoms with Crippen LogP contribution in [-0.4, -0.2) is 42.4 Å². The Kier molecular flexibility index (Phi) is 4.63. The predicted molar refractivity (Wildman–Crippen MR) is 68.8 cm³/mol. The third kappa shape index (κ3) is 3.83. The van der Waals surface area contributed by atoms with Gasteiger partial charge in [0.05, 0.1) is 12.5 Å². The van der Waals surface area contributed by atoms with Crippen molar-refractivity contribution in [2.24, 2.45) is 11.8 Å². The summed E-state index contributed by atoms with van der Waals surface area (Å²) in [6.07, 6.45) is 2.90. The molecule has 1 aliphatic carbocycles. The van der Waals surface area contributed by atoms with Gasteiger partial charge in [0.15, 0.2) is 0 Å². The lowest BCUT2D eigenvalue weighted by Crippen LogP contribution is -2.47. The summed E-state index contributed by atoms with van der Waals surface area (Å²) in [5.74, 6) is -0.701. The second kappa shape index (κ2) is 6.23. The third-order valence-electron chi connectivity index (χ3n) is 4.15. The molecule has 1 saturated carbocycles. The van der Waals surface area contributed by atoms with Gasteiger partial charge in [0.1, 0.15) is 0 Å². The van der Waals surface area contributed by atoms with Crippen LogP contribution < -0.4 is 10.6 Å². The molecule has 2 rings (SSSR count). The largest absolute Gasteiger partial charge is 0.481 e. The van der Waals surface area contributed by atoms with E-state index in [0.29, 0.717) is 25.4 Å². The minimum Gasteiger partial charge on any atom is -0.481 e. The summed E-state index contributed by atoms with van der Waals surface area (Å²) in [5, 5.41) is 14.7. The molecule has 0 radical (unpaired) electrons. The molecule has 2 amide bonds. The number of carboxylic acids is 1. The second-order valence-electron chi connectivity index (χ2n) is 5.58. The molecular formula is C13H22N2O4. The Morgan fingerprint density at radius 1 is 1.32 bits per heavy atom. The van der Waals surface area contributed by atoms with E-state index in [9.17, 15) is 9.59 Å². The third-order valence-corrected chi connectivity index (χ3v) is 4.15. The minimum absolute atomic E-state index is 0.0203. The van der Waals surface area contributed by atoms with Gasteiger partial charge in [0.25, 0.3) is 0 Å². The molecule has 6 nitrogen and oxygen atoms in total. The maximum Gasteiger partial charge on any atom is 0.315 e. The van der Waals surface area contributed by atoms with Gasteiger partial charge in [-0.3, -0.25) is 4.79 Å². The number of amides is 2. The topological polar surface area (TPSA) is 87.7 Å². The zero-order chi connectivity index (χ0) is 13.8. The van der Waals surface area contributed by atoms with Crippen LogP contribution in [0.1, 0.15) is 32.6 Å². The predicted octanol–water partition coefficient (Wildman–Crippen LogP) is 0.964. The maximum atomic E-state index is 11.8. The van der Waals surface area contributed by atoms with Gasteiger partial charge >= 0.3 is 12.0 Å². The summed E-state index contributed by atoms with van der Waals surface area (Å²) >= 11 is 0. The summed E-state index contributed by atoms with van der Waals surface area (Å²) in [7, 11) is 0. The highest BCUT2D eigenvalue weighted by molar-refractivity contribution is 5.75. The molecule has 3 N–H and O–H groups in total. The molecule has 2 unspecified atom stereocenters. The normalized spacial score (nSPS) is 31.9. The fourth-order valence-electron chi connectivity index (χ4n) is 2.84. The van der Waals surface area contributed by atoms with Gasteiger partial charge in [-0.05, 0) is 32.6 Å². The first-order valence-corrected chi connectivity index (χ1v) is 6.94. The number of carbonyl (C=O) groups excluding carboxylic acids is 1. The van der Waals surface area contributed by atoms with Gasteiger partial charge < -0.3 is 20.5 Å². The number of hydrogen-bond donors (Lipinski definition) is 3. The lowest BCUT2D eigenvalue weighted by molar-refractivity contribution is -0.141. The van der Waals surface area contributed by atoms with Crippen molar-refractivity contribution in [2.75, 3.05) is 13.2 Å². The Hall–Kier alpha value is -1.30. The molecule has 1 saturated heterocycles. The van der Waals surface area contributed by atoms with Crippen molar-refractivity contribution in [3.63, 3.8) is 0 Å². The average Bonchev–Trinajstić information content (AvgIpc) is 2.98. The standard InChI is InChI=1S/C13H22N2O4/c1-8(10-4-5-19-7-10)14-13(18)15-11-3-2-9(6-11)12(16)17/h8-11H,2-7H2,1H3,(H,16,17)(H2,14,15,18)/t8?,9-,10?,11+/m1/s1. The smallest absolute Gasteiger partial charge is 0.315 e. The van der Waals surface area contributed by atoms with Crippen LogP contribution in [0.15, 0.2) is 0 Å². The lowest BCUT2D eigenvalue weighted by Gasteiger charge is -2.21. The Labute approximate surface area is 112 Å². The number of ether oxygens (including phenoxy) is 1. The number of nitrogens with one attached hydrogen (secondary N) is 2. The van der Waals surface area contributed by atoms with E-state index in [1.54, 1.807) is 0 Å². The molecule has 4 atom stereocenters. The van der Waals surface area contributed by atoms with Crippen molar-refractivity contribution in [1.29, 1.82) is 0 Å². The summed E-state index contributed by atoms with van der Waals surface area (Å²) in [5.41, 5.74) is 0. The summed E-state index contributed by atoms with van der Waals surface area (Å²) in [6, 6.07) is -0.136. The van der Waals surface area contributed by atoms with E-state index in [1.807, 2.05) is 6.92 Å². The fourth-order valence-corrected chi connectivity index (χ4v) is 2.84. The molecule has 0 aromatic heterocycles. The SMILES string of the molecule is CC(NC(=O)N[C@H]1CC[C@@H](C(=O)O)C1)C1CCOC1. The highest BCUT2D eigenvalue weighted by atomic mass is 16.5. The van der Waals surface area contributed by atoms with Crippen LogP contribution in [-0.2, 0) is 9.53 Å². The summed E-state index contributed by atoms with van der Waals surface area (Å²) < 4.78 is 5.30. The quantitative estimate of drug-likeness (QED) is 0.710. The molecule has 2 fully saturated rings. The molecule has 19 heavy (non-hydrogen) atoms. The molecular weight excluding hydrogens is 248 g/mol. The van der Waals surface area contributed by atoms with Crippen LogP contribution in [0.5, 0.6) is 0 Å². The number of carboxylic acid groups (broad SMARTS) is 1. The number of carbonyl (C=O) groups is 2. The Balaban J connectivity index is 1.71. The molecule has 0 spiro atoms. The zero-order valence-corrected chi connectivity index (χ0v) is 11.2. The average molecular weight is 270 g/mol. The summed E-state index contributed by atoms with van der Waals surface area (Å²) in [4.78, 5) is 22.7. The lowest BCUT2D eigenvalue weighted by atomic mass is 10.0. The van der Waals surface area contributed by atoms with E-state index in [4.69, 9.17) is 9.84 Å². The second-order valence-corrected chi connectivity index (χ2v) is 5.58. The molecule has 1 aliphatic heterocycles. The molecule has 108 valence electrons. The number of rotatable bonds is 4. The first-order chi connectivity index (χ1) is 9.06. The number of hydrogen-bond acceptors (Lipinski definition) is 3. The molecule has 0 aromatic rings. The maximum absolute atomic E-state index is 11.8. The molecule has 1 heterocycles. The number of aliphatic carboxylic acids is 1. The van der Waals surface area contributed by atoms with E-state index in [0.717, 1.165) is 19.4 Å². The molecule has 6 heteroatoms. The Bertz CT molecular complexity index is 342. The van der Waals surface area contributed by atoms with Crippen LogP contribution in [0, 0.1) is 11.8 Å². The van der Waals surface area contributed by atoms with Gasteiger partial charge in [0, 0.05) is 24.6 Å². The zero-order valence-electron chi connectivity index (χ0n) is 11.2. The van der Waals surface area contributed by atoms with Gasteiger partial charge in [-0.1, -0.05) is 0 Å². The van der Waals surface area contributed by atoms with E-state index >= 15 is 0 Å². The molecule has 0 bridgehead atoms. The van der Waals surface area contributed by atoms with Crippen LogP contribution in [0.2, 0.25) is 0 Å². The van der Waals surface area contributed by atoms with Crippen molar-refractivity contribution in [3.05, 3.63) is 0 Å². The van der Waals surface area contributed by atoms with Gasteiger partial charge in [-0.2, -0.15) is 0 Å². The van der Waals surface area contributed by atoms with Crippen molar-refractivity contribution >= 4 is 12.0 Å². The monoisotopic (exact) mass is 270 g/mol. The molecule has 2 aliphatic rings. The van der Waals surface area contributed by atoms with Crippen LogP contribution >= 0.6 is 0 Å². The van der Waals surface area contributed by atoms with E-state index in [1.165, 1.54) is 0 Å². The van der Waals surface area contributed by atoms with E-state index < -0.39 is 5.97 Å². The van der Waals surface area contributed by atoms with Crippen molar-refractivity contribution in [1.82, 2.24) is 10.6 Å². The Morgan fingerprint density at radius 2 is 2.11 bits per heavy atom. The number of urea groups is 1. The Morgan fingerprint density at radius 3 is 2.68 bits per heavy atom.